The highest BCUT2D eigenvalue weighted by Gasteiger charge is 2.21. The lowest BCUT2D eigenvalue weighted by atomic mass is 9.90. The largest absolute Gasteiger partial charge is 0.339 e. The normalized spacial score (nSPS) is 14.9. The summed E-state index contributed by atoms with van der Waals surface area (Å²) in [6.07, 6.45) is 4.65. The number of likely N-dealkylation sites (tertiary alicyclic amines) is 1. The van der Waals surface area contributed by atoms with Gasteiger partial charge in [0, 0.05) is 24.3 Å². The molecule has 0 aromatic heterocycles. The van der Waals surface area contributed by atoms with Crippen molar-refractivity contribution in [2.45, 2.75) is 39.5 Å². The van der Waals surface area contributed by atoms with Crippen molar-refractivity contribution in [1.29, 1.82) is 0 Å². The molecule has 3 rings (SSSR count). The first-order valence-corrected chi connectivity index (χ1v) is 11.5. The van der Waals surface area contributed by atoms with Crippen LogP contribution >= 0.6 is 0 Å². The molecule has 1 saturated heterocycles. The predicted molar refractivity (Wildman–Crippen MR) is 126 cm³/mol. The van der Waals surface area contributed by atoms with Crippen molar-refractivity contribution in [3.05, 3.63) is 65.7 Å². The monoisotopic (exact) mass is 421 g/mol. The number of hydrogen-bond donors (Lipinski definition) is 1. The third-order valence-electron chi connectivity index (χ3n) is 6.20. The highest BCUT2D eigenvalue weighted by Crippen LogP contribution is 2.22. The number of aryl methyl sites for hydroxylation is 1. The third kappa shape index (κ3) is 6.93. The number of benzene rings is 2. The summed E-state index contributed by atoms with van der Waals surface area (Å²) in [5.41, 5.74) is 2.70. The van der Waals surface area contributed by atoms with E-state index in [1.807, 2.05) is 26.0 Å². The van der Waals surface area contributed by atoms with Crippen LogP contribution in [0.15, 0.2) is 54.6 Å². The van der Waals surface area contributed by atoms with Gasteiger partial charge in [0.1, 0.15) is 0 Å². The van der Waals surface area contributed by atoms with Gasteiger partial charge in [-0.05, 0) is 82.3 Å². The average molecular weight is 422 g/mol. The topological polar surface area (TPSA) is 52.7 Å². The van der Waals surface area contributed by atoms with Crippen LogP contribution in [0, 0.1) is 5.92 Å². The highest BCUT2D eigenvalue weighted by atomic mass is 16.2. The van der Waals surface area contributed by atoms with Gasteiger partial charge in [-0.1, -0.05) is 36.4 Å². The Hall–Kier alpha value is -2.66. The molecule has 2 amide bonds. The van der Waals surface area contributed by atoms with Gasteiger partial charge in [0.2, 0.25) is 5.91 Å². The summed E-state index contributed by atoms with van der Waals surface area (Å²) in [6, 6.07) is 17.9. The summed E-state index contributed by atoms with van der Waals surface area (Å²) in [4.78, 5) is 29.1. The number of amides is 2. The molecule has 5 nitrogen and oxygen atoms in total. The van der Waals surface area contributed by atoms with Gasteiger partial charge < -0.3 is 10.2 Å². The van der Waals surface area contributed by atoms with Crippen molar-refractivity contribution in [1.82, 2.24) is 9.80 Å². The minimum absolute atomic E-state index is 0.00123. The number of carbonyl (C=O) groups is 2. The molecule has 0 spiro atoms. The van der Waals surface area contributed by atoms with Crippen LogP contribution in [0.5, 0.6) is 0 Å². The zero-order valence-electron chi connectivity index (χ0n) is 18.8. The molecule has 1 aliphatic heterocycles. The Kier molecular flexibility index (Phi) is 8.65. The van der Waals surface area contributed by atoms with E-state index in [0.717, 1.165) is 38.3 Å². The molecule has 0 aliphatic carbocycles. The van der Waals surface area contributed by atoms with Crippen molar-refractivity contribution < 1.29 is 9.59 Å². The maximum absolute atomic E-state index is 12.6. The molecule has 0 bridgehead atoms. The van der Waals surface area contributed by atoms with E-state index >= 15 is 0 Å². The summed E-state index contributed by atoms with van der Waals surface area (Å²) < 4.78 is 0. The second-order valence-electron chi connectivity index (χ2n) is 8.35. The van der Waals surface area contributed by atoms with Crippen molar-refractivity contribution in [2.75, 3.05) is 38.0 Å². The Morgan fingerprint density at radius 2 is 1.71 bits per heavy atom. The van der Waals surface area contributed by atoms with Gasteiger partial charge in [-0.15, -0.1) is 0 Å². The molecular weight excluding hydrogens is 386 g/mol. The zero-order chi connectivity index (χ0) is 22.1. The molecule has 2 aromatic carbocycles. The summed E-state index contributed by atoms with van der Waals surface area (Å²) in [5.74, 6) is 0.719. The van der Waals surface area contributed by atoms with Crippen molar-refractivity contribution >= 4 is 17.5 Å². The van der Waals surface area contributed by atoms with Crippen LogP contribution in [-0.4, -0.2) is 54.3 Å². The standard InChI is InChI=1S/C26H35N3O2/c1-3-29(4-2)26(31)23-11-8-12-24(19-23)27-25(30)20-28-17-15-22(16-18-28)14-13-21-9-6-5-7-10-21/h5-12,19,22H,3-4,13-18,20H2,1-2H3,(H,27,30). The zero-order valence-corrected chi connectivity index (χ0v) is 18.8. The number of rotatable bonds is 9. The van der Waals surface area contributed by atoms with E-state index in [9.17, 15) is 9.59 Å². The van der Waals surface area contributed by atoms with Gasteiger partial charge in [0.25, 0.3) is 5.91 Å². The molecule has 0 saturated carbocycles. The molecule has 0 radical (unpaired) electrons. The van der Waals surface area contributed by atoms with E-state index in [1.54, 1.807) is 17.0 Å². The Morgan fingerprint density at radius 1 is 1.00 bits per heavy atom. The van der Waals surface area contributed by atoms with Crippen LogP contribution in [0.2, 0.25) is 0 Å². The maximum Gasteiger partial charge on any atom is 0.253 e. The molecular formula is C26H35N3O2. The van der Waals surface area contributed by atoms with Crippen LogP contribution in [0.25, 0.3) is 0 Å². The van der Waals surface area contributed by atoms with E-state index in [4.69, 9.17) is 0 Å². The molecule has 0 unspecified atom stereocenters. The summed E-state index contributed by atoms with van der Waals surface area (Å²) in [6.45, 7) is 7.62. The fourth-order valence-electron chi connectivity index (χ4n) is 4.28. The van der Waals surface area contributed by atoms with Crippen LogP contribution in [-0.2, 0) is 11.2 Å². The fourth-order valence-corrected chi connectivity index (χ4v) is 4.28. The molecule has 1 aliphatic rings. The van der Waals surface area contributed by atoms with Gasteiger partial charge in [0.15, 0.2) is 0 Å². The first-order valence-electron chi connectivity index (χ1n) is 11.5. The number of piperidine rings is 1. The average Bonchev–Trinajstić information content (AvgIpc) is 2.80. The summed E-state index contributed by atoms with van der Waals surface area (Å²) in [7, 11) is 0. The minimum atomic E-state index is -0.0184. The van der Waals surface area contributed by atoms with Crippen LogP contribution < -0.4 is 5.32 Å². The first-order chi connectivity index (χ1) is 15.1. The lowest BCUT2D eigenvalue weighted by molar-refractivity contribution is -0.117. The van der Waals surface area contributed by atoms with Gasteiger partial charge >= 0.3 is 0 Å². The fraction of sp³-hybridized carbons (Fsp3) is 0.462. The number of hydrogen-bond acceptors (Lipinski definition) is 3. The minimum Gasteiger partial charge on any atom is -0.339 e. The van der Waals surface area contributed by atoms with E-state index < -0.39 is 0 Å². The predicted octanol–water partition coefficient (Wildman–Crippen LogP) is 4.45. The number of carbonyl (C=O) groups excluding carboxylic acids is 2. The summed E-state index contributed by atoms with van der Waals surface area (Å²) >= 11 is 0. The Balaban J connectivity index is 1.43. The SMILES string of the molecule is CCN(CC)C(=O)c1cccc(NC(=O)CN2CCC(CCc3ccccc3)CC2)c1. The molecule has 2 aromatic rings. The lowest BCUT2D eigenvalue weighted by Gasteiger charge is -2.31. The van der Waals surface area contributed by atoms with Crippen LogP contribution in [0.4, 0.5) is 5.69 Å². The van der Waals surface area contributed by atoms with Gasteiger partial charge in [-0.2, -0.15) is 0 Å². The molecule has 1 N–H and O–H groups in total. The second-order valence-corrected chi connectivity index (χ2v) is 8.35. The first kappa shape index (κ1) is 23.0. The van der Waals surface area contributed by atoms with Crippen molar-refractivity contribution in [3.8, 4) is 0 Å². The van der Waals surface area contributed by atoms with Crippen LogP contribution in [0.1, 0.15) is 49.0 Å². The van der Waals surface area contributed by atoms with E-state index in [1.165, 1.54) is 12.0 Å². The number of nitrogens with one attached hydrogen (secondary N) is 1. The molecule has 31 heavy (non-hydrogen) atoms. The second kappa shape index (κ2) is 11.7. The van der Waals surface area contributed by atoms with Crippen molar-refractivity contribution in [3.63, 3.8) is 0 Å². The van der Waals surface area contributed by atoms with Crippen LogP contribution in [0.3, 0.4) is 0 Å². The summed E-state index contributed by atoms with van der Waals surface area (Å²) in [5, 5.41) is 2.97. The van der Waals surface area contributed by atoms with Crippen molar-refractivity contribution in [2.24, 2.45) is 5.92 Å². The number of anilines is 1. The lowest BCUT2D eigenvalue weighted by Crippen LogP contribution is -2.39. The molecule has 166 valence electrons. The van der Waals surface area contributed by atoms with E-state index in [-0.39, 0.29) is 11.8 Å². The Bertz CT molecular complexity index is 841. The molecule has 1 heterocycles. The number of nitrogens with zero attached hydrogens (tertiary/aromatic N) is 2. The van der Waals surface area contributed by atoms with E-state index in [2.05, 4.69) is 40.5 Å². The van der Waals surface area contributed by atoms with Gasteiger partial charge in [-0.3, -0.25) is 14.5 Å². The Labute approximate surface area is 186 Å². The molecule has 1 fully saturated rings. The maximum atomic E-state index is 12.6. The van der Waals surface area contributed by atoms with Gasteiger partial charge in [0.05, 0.1) is 6.54 Å². The highest BCUT2D eigenvalue weighted by molar-refractivity contribution is 5.97. The van der Waals surface area contributed by atoms with E-state index in [0.29, 0.717) is 30.9 Å². The smallest absolute Gasteiger partial charge is 0.253 e. The molecule has 0 atom stereocenters. The third-order valence-corrected chi connectivity index (χ3v) is 6.20. The quantitative estimate of drug-likeness (QED) is 0.651. The Morgan fingerprint density at radius 3 is 2.39 bits per heavy atom. The van der Waals surface area contributed by atoms with Gasteiger partial charge in [-0.25, -0.2) is 0 Å². The molecule has 5 heteroatoms.